The molecule has 2 saturated heterocycles. The number of fused-ring (bicyclic) bond motifs is 1. The van der Waals surface area contributed by atoms with Gasteiger partial charge in [0.2, 0.25) is 5.91 Å². The number of halogens is 3. The molecule has 35 heavy (non-hydrogen) atoms. The Morgan fingerprint density at radius 2 is 1.97 bits per heavy atom. The van der Waals surface area contributed by atoms with E-state index in [4.69, 9.17) is 0 Å². The molecule has 0 spiro atoms. The third kappa shape index (κ3) is 6.04. The Morgan fingerprint density at radius 1 is 1.20 bits per heavy atom. The third-order valence-corrected chi connectivity index (χ3v) is 7.07. The van der Waals surface area contributed by atoms with Crippen molar-refractivity contribution in [1.29, 1.82) is 0 Å². The molecule has 2 aliphatic heterocycles. The minimum atomic E-state index is -4.63. The summed E-state index contributed by atoms with van der Waals surface area (Å²) >= 11 is 0. The molecule has 3 aliphatic rings. The minimum Gasteiger partial charge on any atom is -0.382 e. The van der Waals surface area contributed by atoms with Gasteiger partial charge in [0.05, 0.1) is 17.0 Å². The van der Waals surface area contributed by atoms with E-state index < -0.39 is 11.7 Å². The monoisotopic (exact) mass is 486 g/mol. The molecule has 1 aromatic heterocycles. The van der Waals surface area contributed by atoms with Gasteiger partial charge in [0.1, 0.15) is 0 Å². The molecule has 1 saturated carbocycles. The van der Waals surface area contributed by atoms with E-state index in [1.165, 1.54) is 18.9 Å². The number of allylic oxidation sites excluding steroid dienone is 1. The Balaban J connectivity index is 1.57. The first kappa shape index (κ1) is 25.2. The van der Waals surface area contributed by atoms with Gasteiger partial charge in [-0.2, -0.15) is 13.2 Å². The Labute approximate surface area is 204 Å². The van der Waals surface area contributed by atoms with E-state index in [-0.39, 0.29) is 35.7 Å². The first-order valence-corrected chi connectivity index (χ1v) is 12.3. The minimum absolute atomic E-state index is 0.00216. The molecule has 3 fully saturated rings. The van der Waals surface area contributed by atoms with Crippen molar-refractivity contribution < 1.29 is 18.0 Å². The van der Waals surface area contributed by atoms with Crippen LogP contribution in [0, 0.1) is 5.92 Å². The van der Waals surface area contributed by atoms with Crippen LogP contribution in [0.2, 0.25) is 0 Å². The van der Waals surface area contributed by atoms with E-state index in [1.54, 1.807) is 18.2 Å². The van der Waals surface area contributed by atoms with Gasteiger partial charge in [0.15, 0.2) is 0 Å². The number of carbonyl (C=O) groups is 1. The molecule has 1 aliphatic carbocycles. The number of rotatable bonds is 9. The van der Waals surface area contributed by atoms with Crippen molar-refractivity contribution in [2.24, 2.45) is 5.92 Å². The summed E-state index contributed by atoms with van der Waals surface area (Å²) in [5.41, 5.74) is 0.360. The maximum atomic E-state index is 13.6. The molecular formula is C27H33F3N4O. The van der Waals surface area contributed by atoms with Crippen LogP contribution < -0.4 is 10.6 Å². The standard InChI is InChI=1S/C27H33F3N4O/c1-4-23-24(18(3)32-21-11-14-34-13-6-8-22(34)15-21)16-20(33-25(23)17(2)27(28,29)30)7-5-12-31-26(35)19-9-10-19/h4-5,7,16,19,21-22,32H,1-3,6,8-15H2,(H,31,35)/b7-5+. The highest BCUT2D eigenvalue weighted by atomic mass is 19.4. The summed E-state index contributed by atoms with van der Waals surface area (Å²) in [5, 5.41) is 6.28. The number of nitrogens with one attached hydrogen (secondary N) is 2. The molecule has 8 heteroatoms. The van der Waals surface area contributed by atoms with Gasteiger partial charge >= 0.3 is 6.18 Å². The van der Waals surface area contributed by atoms with Gasteiger partial charge < -0.3 is 15.5 Å². The number of alkyl halides is 3. The zero-order valence-corrected chi connectivity index (χ0v) is 20.0. The quantitative estimate of drug-likeness (QED) is 0.514. The zero-order chi connectivity index (χ0) is 25.2. The summed E-state index contributed by atoms with van der Waals surface area (Å²) in [7, 11) is 0. The van der Waals surface area contributed by atoms with Gasteiger partial charge in [-0.1, -0.05) is 31.9 Å². The van der Waals surface area contributed by atoms with Crippen molar-refractivity contribution in [2.75, 3.05) is 19.6 Å². The average Bonchev–Trinajstić information content (AvgIpc) is 3.57. The lowest BCUT2D eigenvalue weighted by molar-refractivity contribution is -0.122. The highest BCUT2D eigenvalue weighted by Crippen LogP contribution is 2.36. The summed E-state index contributed by atoms with van der Waals surface area (Å²) in [5.74, 6) is 0.0922. The largest absolute Gasteiger partial charge is 0.417 e. The summed E-state index contributed by atoms with van der Waals surface area (Å²) in [4.78, 5) is 18.6. The summed E-state index contributed by atoms with van der Waals surface area (Å²) in [6.45, 7) is 13.6. The number of piperidine rings is 1. The lowest BCUT2D eigenvalue weighted by Crippen LogP contribution is -2.45. The fraction of sp³-hybridized carbons (Fsp3) is 0.481. The predicted octanol–water partition coefficient (Wildman–Crippen LogP) is 5.03. The number of hydrogen-bond donors (Lipinski definition) is 2. The summed E-state index contributed by atoms with van der Waals surface area (Å²) in [6, 6.07) is 2.47. The highest BCUT2D eigenvalue weighted by Gasteiger charge is 2.36. The Hall–Kier alpha value is -2.87. The van der Waals surface area contributed by atoms with Crippen LogP contribution in [0.1, 0.15) is 61.0 Å². The molecule has 0 aromatic carbocycles. The van der Waals surface area contributed by atoms with Gasteiger partial charge in [-0.3, -0.25) is 4.79 Å². The number of amides is 1. The van der Waals surface area contributed by atoms with Crippen molar-refractivity contribution in [2.45, 2.75) is 56.8 Å². The smallest absolute Gasteiger partial charge is 0.382 e. The van der Waals surface area contributed by atoms with Crippen LogP contribution in [0.15, 0.2) is 31.9 Å². The molecule has 1 amide bonds. The van der Waals surface area contributed by atoms with Crippen LogP contribution in [0.3, 0.4) is 0 Å². The Morgan fingerprint density at radius 3 is 2.66 bits per heavy atom. The molecule has 1 aromatic rings. The van der Waals surface area contributed by atoms with E-state index in [9.17, 15) is 18.0 Å². The fourth-order valence-electron chi connectivity index (χ4n) is 4.99. The zero-order valence-electron chi connectivity index (χ0n) is 20.0. The van der Waals surface area contributed by atoms with E-state index in [1.807, 2.05) is 0 Å². The van der Waals surface area contributed by atoms with Crippen molar-refractivity contribution in [1.82, 2.24) is 20.5 Å². The molecule has 0 radical (unpaired) electrons. The van der Waals surface area contributed by atoms with Crippen LogP contribution >= 0.6 is 0 Å². The van der Waals surface area contributed by atoms with Crippen molar-refractivity contribution in [3.63, 3.8) is 0 Å². The number of carbonyl (C=O) groups excluding carboxylic acids is 1. The number of pyridine rings is 1. The van der Waals surface area contributed by atoms with Crippen molar-refractivity contribution >= 4 is 29.3 Å². The summed E-state index contributed by atoms with van der Waals surface area (Å²) < 4.78 is 40.8. The van der Waals surface area contributed by atoms with E-state index >= 15 is 0 Å². The maximum Gasteiger partial charge on any atom is 0.417 e. The molecule has 5 nitrogen and oxygen atoms in total. The van der Waals surface area contributed by atoms with Crippen LogP contribution in [-0.2, 0) is 4.79 Å². The number of hydrogen-bond acceptors (Lipinski definition) is 4. The molecule has 188 valence electrons. The molecule has 2 unspecified atom stereocenters. The van der Waals surface area contributed by atoms with Crippen LogP contribution in [0.25, 0.3) is 23.4 Å². The second-order valence-electron chi connectivity index (χ2n) is 9.64. The molecular weight excluding hydrogens is 453 g/mol. The Bertz CT molecular complexity index is 1040. The van der Waals surface area contributed by atoms with Crippen molar-refractivity contribution in [3.8, 4) is 0 Å². The maximum absolute atomic E-state index is 13.6. The van der Waals surface area contributed by atoms with E-state index in [0.29, 0.717) is 23.0 Å². The third-order valence-electron chi connectivity index (χ3n) is 7.07. The van der Waals surface area contributed by atoms with Gasteiger partial charge in [-0.25, -0.2) is 4.98 Å². The second-order valence-corrected chi connectivity index (χ2v) is 9.64. The molecule has 2 atom stereocenters. The van der Waals surface area contributed by atoms with Gasteiger partial charge in [-0.05, 0) is 57.2 Å². The normalized spacial score (nSPS) is 22.6. The molecule has 3 heterocycles. The number of aromatic nitrogens is 1. The SMILES string of the molecule is C=Cc1c(C(=C)NC2CCN3CCCC3C2)cc(/C=C/CNC(=O)C2CC2)nc1C(=C)C(F)(F)F. The van der Waals surface area contributed by atoms with Crippen molar-refractivity contribution in [3.05, 3.63) is 54.4 Å². The van der Waals surface area contributed by atoms with Gasteiger partial charge in [0.25, 0.3) is 0 Å². The van der Waals surface area contributed by atoms with Crippen LogP contribution in [-0.4, -0.2) is 53.7 Å². The lowest BCUT2D eigenvalue weighted by atomic mass is 9.95. The van der Waals surface area contributed by atoms with E-state index in [0.717, 1.165) is 38.8 Å². The van der Waals surface area contributed by atoms with E-state index in [2.05, 4.69) is 40.3 Å². The fourth-order valence-corrected chi connectivity index (χ4v) is 4.99. The average molecular weight is 487 g/mol. The van der Waals surface area contributed by atoms with Crippen LogP contribution in [0.4, 0.5) is 13.2 Å². The molecule has 4 rings (SSSR count). The highest BCUT2D eigenvalue weighted by molar-refractivity contribution is 5.82. The lowest BCUT2D eigenvalue weighted by Gasteiger charge is -2.36. The second kappa shape index (κ2) is 10.4. The van der Waals surface area contributed by atoms with Crippen LogP contribution in [0.5, 0.6) is 0 Å². The Kier molecular flexibility index (Phi) is 7.50. The first-order valence-electron chi connectivity index (χ1n) is 12.3. The molecule has 2 N–H and O–H groups in total. The summed E-state index contributed by atoms with van der Waals surface area (Å²) in [6.07, 6.45) is 6.19. The van der Waals surface area contributed by atoms with Gasteiger partial charge in [-0.15, -0.1) is 0 Å². The molecule has 0 bridgehead atoms. The first-order chi connectivity index (χ1) is 16.7. The topological polar surface area (TPSA) is 57.3 Å². The van der Waals surface area contributed by atoms with Gasteiger partial charge in [0, 0.05) is 47.9 Å². The predicted molar refractivity (Wildman–Crippen MR) is 134 cm³/mol. The number of nitrogens with zero attached hydrogens (tertiary/aromatic N) is 2.